The van der Waals surface area contributed by atoms with Gasteiger partial charge in [0.1, 0.15) is 5.58 Å². The van der Waals surface area contributed by atoms with Crippen molar-refractivity contribution in [1.82, 2.24) is 9.97 Å². The number of aromatic nitrogens is 2. The van der Waals surface area contributed by atoms with Crippen molar-refractivity contribution < 1.29 is 24.5 Å². The number of nitrogens with zero attached hydrogens (tertiary/aromatic N) is 2. The van der Waals surface area contributed by atoms with Crippen LogP contribution in [0.1, 0.15) is 43.4 Å². The Bertz CT molecular complexity index is 2450. The van der Waals surface area contributed by atoms with E-state index in [0.29, 0.717) is 5.92 Å². The Hall–Kier alpha value is -4.93. The largest absolute Gasteiger partial charge is 0.501 e. The normalized spacial score (nSPS) is 11.9. The molecular formula is C49H46IrN2OSi-2. The van der Waals surface area contributed by atoms with Crippen LogP contribution in [-0.4, -0.2) is 18.0 Å². The van der Waals surface area contributed by atoms with Crippen molar-refractivity contribution in [1.29, 1.82) is 0 Å². The molecule has 5 heteroatoms. The minimum Gasteiger partial charge on any atom is -0.501 e. The van der Waals surface area contributed by atoms with Gasteiger partial charge in [0.15, 0.2) is 0 Å². The van der Waals surface area contributed by atoms with Gasteiger partial charge in [0, 0.05) is 43.8 Å². The maximum absolute atomic E-state index is 6.41. The molecule has 1 unspecified atom stereocenters. The van der Waals surface area contributed by atoms with Crippen LogP contribution in [-0.2, 0) is 26.5 Å². The molecule has 0 fully saturated rings. The first-order chi connectivity index (χ1) is 25.7. The Kier molecular flexibility index (Phi) is 12.2. The fourth-order valence-corrected chi connectivity index (χ4v) is 8.70. The molecule has 0 N–H and O–H groups in total. The molecular weight excluding hydrogens is 853 g/mol. The Labute approximate surface area is 334 Å². The number of benzene rings is 5. The van der Waals surface area contributed by atoms with E-state index in [0.717, 1.165) is 50.9 Å². The van der Waals surface area contributed by atoms with Crippen LogP contribution in [0.4, 0.5) is 0 Å². The van der Waals surface area contributed by atoms with Crippen molar-refractivity contribution in [3.8, 4) is 33.6 Å². The molecule has 3 aromatic heterocycles. The molecule has 0 saturated heterocycles. The summed E-state index contributed by atoms with van der Waals surface area (Å²) in [6.07, 6.45) is 5.12. The predicted octanol–water partition coefficient (Wildman–Crippen LogP) is 12.6. The van der Waals surface area contributed by atoms with E-state index in [4.69, 9.17) is 9.40 Å². The van der Waals surface area contributed by atoms with Gasteiger partial charge in [0.25, 0.3) is 0 Å². The van der Waals surface area contributed by atoms with Gasteiger partial charge in [-0.2, -0.15) is 0 Å². The number of furan rings is 1. The van der Waals surface area contributed by atoms with Crippen LogP contribution in [0, 0.1) is 18.1 Å². The molecule has 1 radical (unpaired) electrons. The van der Waals surface area contributed by atoms with E-state index in [9.17, 15) is 0 Å². The molecule has 273 valence electrons. The average Bonchev–Trinajstić information content (AvgIpc) is 3.58. The molecule has 8 rings (SSSR count). The van der Waals surface area contributed by atoms with Gasteiger partial charge >= 0.3 is 0 Å². The zero-order valence-corrected chi connectivity index (χ0v) is 35.2. The molecule has 3 heterocycles. The third-order valence-electron chi connectivity index (χ3n) is 9.79. The minimum atomic E-state index is -1.34. The van der Waals surface area contributed by atoms with E-state index in [1.165, 1.54) is 33.0 Å². The van der Waals surface area contributed by atoms with Crippen molar-refractivity contribution in [2.45, 2.75) is 52.8 Å². The van der Waals surface area contributed by atoms with Gasteiger partial charge in [-0.15, -0.1) is 54.1 Å². The number of hydrogen-bond acceptors (Lipinski definition) is 3. The summed E-state index contributed by atoms with van der Waals surface area (Å²) in [7, 11) is -1.34. The van der Waals surface area contributed by atoms with Crippen LogP contribution >= 0.6 is 0 Å². The van der Waals surface area contributed by atoms with Crippen molar-refractivity contribution in [3.63, 3.8) is 0 Å². The monoisotopic (exact) mass is 899 g/mol. The fourth-order valence-electron chi connectivity index (χ4n) is 7.11. The Balaban J connectivity index is 0.000000205. The smallest absolute Gasteiger partial charge is 0.121 e. The van der Waals surface area contributed by atoms with Crippen LogP contribution < -0.4 is 5.19 Å². The third-order valence-corrected chi connectivity index (χ3v) is 11.9. The number of pyridine rings is 2. The molecule has 0 spiro atoms. The van der Waals surface area contributed by atoms with Gasteiger partial charge in [-0.3, -0.25) is 0 Å². The summed E-state index contributed by atoms with van der Waals surface area (Å²) < 4.78 is 6.41. The molecule has 0 aliphatic rings. The third kappa shape index (κ3) is 8.55. The first kappa shape index (κ1) is 38.8. The predicted molar refractivity (Wildman–Crippen MR) is 225 cm³/mol. The van der Waals surface area contributed by atoms with E-state index in [1.54, 1.807) is 0 Å². The zero-order valence-electron chi connectivity index (χ0n) is 31.9. The van der Waals surface area contributed by atoms with Crippen LogP contribution in [0.5, 0.6) is 0 Å². The molecule has 8 aromatic rings. The van der Waals surface area contributed by atoms with E-state index in [1.807, 2.05) is 42.6 Å². The van der Waals surface area contributed by atoms with Crippen molar-refractivity contribution >= 4 is 35.2 Å². The van der Waals surface area contributed by atoms with Gasteiger partial charge in [0.05, 0.1) is 13.7 Å². The summed E-state index contributed by atoms with van der Waals surface area (Å²) in [5, 5.41) is 3.70. The second kappa shape index (κ2) is 17.0. The molecule has 54 heavy (non-hydrogen) atoms. The average molecular weight is 899 g/mol. The van der Waals surface area contributed by atoms with Crippen molar-refractivity contribution in [3.05, 3.63) is 175 Å². The molecule has 1 atom stereocenters. The molecule has 0 aliphatic carbocycles. The Morgan fingerprint density at radius 1 is 0.685 bits per heavy atom. The molecule has 5 aromatic carbocycles. The summed E-state index contributed by atoms with van der Waals surface area (Å²) in [5.41, 5.74) is 11.9. The second-order valence-corrected chi connectivity index (χ2v) is 20.2. The van der Waals surface area contributed by atoms with Crippen LogP contribution in [0.3, 0.4) is 0 Å². The maximum Gasteiger partial charge on any atom is 0.121 e. The van der Waals surface area contributed by atoms with Crippen molar-refractivity contribution in [2.24, 2.45) is 5.92 Å². The van der Waals surface area contributed by atoms with Crippen LogP contribution in [0.2, 0.25) is 19.6 Å². The second-order valence-electron chi connectivity index (χ2n) is 15.2. The van der Waals surface area contributed by atoms with Gasteiger partial charge in [0.2, 0.25) is 0 Å². The van der Waals surface area contributed by atoms with E-state index in [-0.39, 0.29) is 26.0 Å². The van der Waals surface area contributed by atoms with E-state index in [2.05, 4.69) is 161 Å². The Morgan fingerprint density at radius 2 is 1.43 bits per heavy atom. The fraction of sp³-hybridized carbons (Fsp3) is 0.184. The molecule has 3 nitrogen and oxygen atoms in total. The maximum atomic E-state index is 6.41. The topological polar surface area (TPSA) is 38.9 Å². The summed E-state index contributed by atoms with van der Waals surface area (Å²) >= 11 is 0. The summed E-state index contributed by atoms with van der Waals surface area (Å²) in [6.45, 7) is 14.0. The Morgan fingerprint density at radius 3 is 2.13 bits per heavy atom. The summed E-state index contributed by atoms with van der Waals surface area (Å²) in [4.78, 5) is 9.38. The molecule has 0 bridgehead atoms. The minimum absolute atomic E-state index is 0. The summed E-state index contributed by atoms with van der Waals surface area (Å²) in [6, 6.07) is 52.6. The van der Waals surface area contributed by atoms with Crippen molar-refractivity contribution in [2.75, 3.05) is 0 Å². The van der Waals surface area contributed by atoms with Crippen LogP contribution in [0.15, 0.2) is 150 Å². The van der Waals surface area contributed by atoms with Crippen LogP contribution in [0.25, 0.3) is 55.6 Å². The molecule has 0 amide bonds. The van der Waals surface area contributed by atoms with E-state index < -0.39 is 8.07 Å². The standard InChI is InChI=1S/C31H22NO.C18H24NSi.Ir/c1-21(22-10-4-2-5-11-22)24-18-19-32-28(20-24)26-15-8-16-27-30-25(23-12-6-3-7-13-23)14-9-17-29(30)33-31(26)27;1-14(2)11-16-12-17(15-9-7-6-8-10-15)19-13-18(16)20(3,4)5;/h2-14,16-21H,1H3;6-9,12-14H,11H2,1-5H3;/q2*-1;. The number of fused-ring (bicyclic) bond motifs is 3. The van der Waals surface area contributed by atoms with E-state index >= 15 is 0 Å². The molecule has 0 saturated carbocycles. The first-order valence-electron chi connectivity index (χ1n) is 18.6. The number of rotatable bonds is 8. The van der Waals surface area contributed by atoms with Gasteiger partial charge < -0.3 is 14.4 Å². The number of hydrogen-bond donors (Lipinski definition) is 0. The molecule has 0 aliphatic heterocycles. The SMILES string of the molecule is CC(C)Cc1cc(-c2[c-]cccc2)ncc1[Si](C)(C)C.CC(c1ccccc1)c1ccnc(-c2[c-]ccc3c2oc2cccc(-c4ccccc4)c23)c1.[Ir]. The van der Waals surface area contributed by atoms with Gasteiger partial charge in [-0.1, -0.05) is 142 Å². The van der Waals surface area contributed by atoms with Gasteiger partial charge in [-0.25, -0.2) is 0 Å². The quantitative estimate of drug-likeness (QED) is 0.113. The summed E-state index contributed by atoms with van der Waals surface area (Å²) in [5.74, 6) is 0.938. The zero-order chi connectivity index (χ0) is 37.0. The van der Waals surface area contributed by atoms with Gasteiger partial charge in [-0.05, 0) is 63.3 Å². The first-order valence-corrected chi connectivity index (χ1v) is 22.1.